The molecule has 4 rings (SSSR count). The lowest BCUT2D eigenvalue weighted by Gasteiger charge is -2.10. The van der Waals surface area contributed by atoms with Crippen LogP contribution in [-0.2, 0) is 19.3 Å². The van der Waals surface area contributed by atoms with Crippen LogP contribution in [0.15, 0.2) is 22.6 Å². The normalized spacial score (nSPS) is 14.5. The first-order chi connectivity index (χ1) is 10.3. The van der Waals surface area contributed by atoms with E-state index < -0.39 is 0 Å². The molecule has 2 aromatic heterocycles. The fourth-order valence-corrected chi connectivity index (χ4v) is 4.27. The number of oxazole rings is 1. The molecule has 0 saturated heterocycles. The fraction of sp³-hybridized carbons (Fsp3) is 0.353. The highest BCUT2D eigenvalue weighted by atomic mass is 32.1. The molecule has 3 nitrogen and oxygen atoms in total. The number of aryl methyl sites for hydroxylation is 2. The molecule has 0 fully saturated rings. The Labute approximate surface area is 127 Å². The Bertz CT molecular complexity index is 816. The zero-order valence-corrected chi connectivity index (χ0v) is 12.9. The van der Waals surface area contributed by atoms with Crippen LogP contribution in [-0.4, -0.2) is 4.98 Å². The minimum Gasteiger partial charge on any atom is -0.436 e. The highest BCUT2D eigenvalue weighted by molar-refractivity contribution is 7.16. The van der Waals surface area contributed by atoms with Crippen molar-refractivity contribution in [3.63, 3.8) is 0 Å². The molecule has 1 aliphatic rings. The number of hydrogen-bond acceptors (Lipinski definition) is 4. The van der Waals surface area contributed by atoms with Gasteiger partial charge in [-0.3, -0.25) is 0 Å². The SMILES string of the molecule is CCc1ccc2oc(-c3c(N)sc4c3CCCC4)nc2c1. The molecule has 2 heterocycles. The average molecular weight is 298 g/mol. The lowest BCUT2D eigenvalue weighted by atomic mass is 9.95. The molecular weight excluding hydrogens is 280 g/mol. The molecule has 21 heavy (non-hydrogen) atoms. The number of anilines is 1. The molecule has 4 heteroatoms. The molecular formula is C17H18N2OS. The van der Waals surface area contributed by atoms with Crippen LogP contribution < -0.4 is 5.73 Å². The molecule has 0 atom stereocenters. The molecule has 2 N–H and O–H groups in total. The predicted octanol–water partition coefficient (Wildman–Crippen LogP) is 4.58. The van der Waals surface area contributed by atoms with E-state index in [0.29, 0.717) is 5.89 Å². The number of hydrogen-bond donors (Lipinski definition) is 1. The monoisotopic (exact) mass is 298 g/mol. The van der Waals surface area contributed by atoms with Gasteiger partial charge in [-0.25, -0.2) is 4.98 Å². The second kappa shape index (κ2) is 4.88. The number of thiophene rings is 1. The summed E-state index contributed by atoms with van der Waals surface area (Å²) in [6.45, 7) is 2.15. The van der Waals surface area contributed by atoms with Gasteiger partial charge < -0.3 is 10.2 Å². The van der Waals surface area contributed by atoms with Crippen molar-refractivity contribution in [3.8, 4) is 11.5 Å². The van der Waals surface area contributed by atoms with Crippen molar-refractivity contribution < 1.29 is 4.42 Å². The van der Waals surface area contributed by atoms with Crippen LogP contribution in [0.2, 0.25) is 0 Å². The van der Waals surface area contributed by atoms with E-state index in [4.69, 9.17) is 15.1 Å². The van der Waals surface area contributed by atoms with Crippen LogP contribution in [0.25, 0.3) is 22.6 Å². The van der Waals surface area contributed by atoms with E-state index >= 15 is 0 Å². The number of nitrogen functional groups attached to an aromatic ring is 1. The van der Waals surface area contributed by atoms with E-state index in [0.717, 1.165) is 40.9 Å². The van der Waals surface area contributed by atoms with Gasteiger partial charge in [0.05, 0.1) is 10.6 Å². The van der Waals surface area contributed by atoms with E-state index in [-0.39, 0.29) is 0 Å². The van der Waals surface area contributed by atoms with Crippen molar-refractivity contribution in [2.75, 3.05) is 5.73 Å². The topological polar surface area (TPSA) is 52.0 Å². The molecule has 0 saturated carbocycles. The molecule has 108 valence electrons. The van der Waals surface area contributed by atoms with Gasteiger partial charge in [0.15, 0.2) is 5.58 Å². The Hall–Kier alpha value is -1.81. The number of fused-ring (bicyclic) bond motifs is 2. The predicted molar refractivity (Wildman–Crippen MR) is 87.8 cm³/mol. The summed E-state index contributed by atoms with van der Waals surface area (Å²) in [5, 5.41) is 0.851. The number of nitrogens with two attached hydrogens (primary N) is 1. The number of aromatic nitrogens is 1. The number of rotatable bonds is 2. The lowest BCUT2D eigenvalue weighted by molar-refractivity contribution is 0.617. The molecule has 0 aliphatic heterocycles. The molecule has 0 amide bonds. The first-order valence-electron chi connectivity index (χ1n) is 7.56. The van der Waals surface area contributed by atoms with Gasteiger partial charge in [-0.15, -0.1) is 11.3 Å². The van der Waals surface area contributed by atoms with Crippen LogP contribution in [0.1, 0.15) is 35.8 Å². The minimum absolute atomic E-state index is 0.690. The summed E-state index contributed by atoms with van der Waals surface area (Å²) in [7, 11) is 0. The van der Waals surface area contributed by atoms with E-state index in [1.54, 1.807) is 11.3 Å². The largest absolute Gasteiger partial charge is 0.436 e. The third kappa shape index (κ3) is 2.05. The van der Waals surface area contributed by atoms with Crippen LogP contribution >= 0.6 is 11.3 Å². The summed E-state index contributed by atoms with van der Waals surface area (Å²) < 4.78 is 5.97. The van der Waals surface area contributed by atoms with Gasteiger partial charge in [-0.05, 0) is 55.4 Å². The maximum atomic E-state index is 6.25. The molecule has 1 aliphatic carbocycles. The zero-order chi connectivity index (χ0) is 14.4. The van der Waals surface area contributed by atoms with Crippen LogP contribution in [0, 0.1) is 0 Å². The van der Waals surface area contributed by atoms with E-state index in [1.165, 1.54) is 28.8 Å². The Morgan fingerprint density at radius 3 is 3.00 bits per heavy atom. The summed E-state index contributed by atoms with van der Waals surface area (Å²) in [4.78, 5) is 6.11. The Kier molecular flexibility index (Phi) is 3.00. The van der Waals surface area contributed by atoms with Gasteiger partial charge in [0.2, 0.25) is 5.89 Å². The van der Waals surface area contributed by atoms with Crippen LogP contribution in [0.5, 0.6) is 0 Å². The van der Waals surface area contributed by atoms with Crippen LogP contribution in [0.4, 0.5) is 5.00 Å². The summed E-state index contributed by atoms with van der Waals surface area (Å²) in [6, 6.07) is 6.22. The maximum Gasteiger partial charge on any atom is 0.230 e. The molecule has 0 radical (unpaired) electrons. The lowest BCUT2D eigenvalue weighted by Crippen LogP contribution is -1.99. The van der Waals surface area contributed by atoms with E-state index in [9.17, 15) is 0 Å². The van der Waals surface area contributed by atoms with Gasteiger partial charge in [-0.2, -0.15) is 0 Å². The van der Waals surface area contributed by atoms with E-state index in [2.05, 4.69) is 19.1 Å². The van der Waals surface area contributed by atoms with Gasteiger partial charge in [0, 0.05) is 4.88 Å². The van der Waals surface area contributed by atoms with Crippen molar-refractivity contribution >= 4 is 27.4 Å². The smallest absolute Gasteiger partial charge is 0.230 e. The highest BCUT2D eigenvalue weighted by Crippen LogP contribution is 2.42. The van der Waals surface area contributed by atoms with Gasteiger partial charge in [0.1, 0.15) is 5.52 Å². The van der Waals surface area contributed by atoms with Crippen molar-refractivity contribution in [2.24, 2.45) is 0 Å². The van der Waals surface area contributed by atoms with Crippen LogP contribution in [0.3, 0.4) is 0 Å². The zero-order valence-electron chi connectivity index (χ0n) is 12.1. The standard InChI is InChI=1S/C17H18N2OS/c1-2-10-7-8-13-12(9-10)19-17(20-13)15-11-5-3-4-6-14(11)21-16(15)18/h7-9H,2-6,18H2,1H3. The quantitative estimate of drug-likeness (QED) is 0.753. The first-order valence-corrected chi connectivity index (χ1v) is 8.37. The molecule has 0 bridgehead atoms. The molecule has 0 unspecified atom stereocenters. The molecule has 0 spiro atoms. The van der Waals surface area contributed by atoms with Gasteiger partial charge in [-0.1, -0.05) is 13.0 Å². The van der Waals surface area contributed by atoms with Crippen molar-refractivity contribution in [1.82, 2.24) is 4.98 Å². The third-order valence-corrected chi connectivity index (χ3v) is 5.39. The summed E-state index contributed by atoms with van der Waals surface area (Å²) in [5.74, 6) is 0.690. The van der Waals surface area contributed by atoms with Crippen molar-refractivity contribution in [1.29, 1.82) is 0 Å². The molecule has 3 aromatic rings. The summed E-state index contributed by atoms with van der Waals surface area (Å²) in [5.41, 5.74) is 11.7. The summed E-state index contributed by atoms with van der Waals surface area (Å²) >= 11 is 1.71. The Morgan fingerprint density at radius 1 is 1.29 bits per heavy atom. The average Bonchev–Trinajstić information content (AvgIpc) is 3.05. The first kappa shape index (κ1) is 12.9. The van der Waals surface area contributed by atoms with Crippen molar-refractivity contribution in [2.45, 2.75) is 39.0 Å². The Morgan fingerprint density at radius 2 is 2.14 bits per heavy atom. The molecule has 1 aromatic carbocycles. The van der Waals surface area contributed by atoms with Gasteiger partial charge >= 0.3 is 0 Å². The number of nitrogens with zero attached hydrogens (tertiary/aromatic N) is 1. The van der Waals surface area contributed by atoms with Crippen molar-refractivity contribution in [3.05, 3.63) is 34.2 Å². The third-order valence-electron chi connectivity index (χ3n) is 4.27. The van der Waals surface area contributed by atoms with Gasteiger partial charge in [0.25, 0.3) is 0 Å². The highest BCUT2D eigenvalue weighted by Gasteiger charge is 2.23. The minimum atomic E-state index is 0.690. The van der Waals surface area contributed by atoms with E-state index in [1.807, 2.05) is 6.07 Å². The number of benzene rings is 1. The second-order valence-corrected chi connectivity index (χ2v) is 6.76. The fourth-order valence-electron chi connectivity index (χ4n) is 3.12. The Balaban J connectivity index is 1.88. The summed E-state index contributed by atoms with van der Waals surface area (Å²) in [6.07, 6.45) is 5.74. The maximum absolute atomic E-state index is 6.25. The second-order valence-electron chi connectivity index (χ2n) is 5.62.